The third-order valence-corrected chi connectivity index (χ3v) is 2.11. The van der Waals surface area contributed by atoms with Crippen LogP contribution >= 0.6 is 0 Å². The first-order chi connectivity index (χ1) is 5.83. The lowest BCUT2D eigenvalue weighted by molar-refractivity contribution is -0.148. The standard InChI is InChI=1S/C10H17O2/c1-2-6-10(11)12-9-7-4-3-5-8-9/h7,9H,2-6,8H2,1H3/t9-/m1/s1. The highest BCUT2D eigenvalue weighted by molar-refractivity contribution is 5.69. The molecule has 1 radical (unpaired) electrons. The molecule has 2 heteroatoms. The Kier molecular flexibility index (Phi) is 4.12. The van der Waals surface area contributed by atoms with E-state index in [9.17, 15) is 4.79 Å². The van der Waals surface area contributed by atoms with Crippen molar-refractivity contribution in [3.05, 3.63) is 6.42 Å². The molecule has 1 fully saturated rings. The minimum Gasteiger partial charge on any atom is -0.462 e. The first-order valence-electron chi connectivity index (χ1n) is 4.85. The Balaban J connectivity index is 2.15. The van der Waals surface area contributed by atoms with Crippen LogP contribution in [-0.2, 0) is 9.53 Å². The number of ether oxygens (including phenoxy) is 1. The second kappa shape index (κ2) is 5.18. The minimum absolute atomic E-state index is 0.0411. The summed E-state index contributed by atoms with van der Waals surface area (Å²) < 4.78 is 5.24. The van der Waals surface area contributed by atoms with E-state index >= 15 is 0 Å². The van der Waals surface area contributed by atoms with Crippen molar-refractivity contribution in [1.29, 1.82) is 0 Å². The van der Waals surface area contributed by atoms with Crippen molar-refractivity contribution in [2.45, 2.75) is 51.6 Å². The van der Waals surface area contributed by atoms with Crippen LogP contribution in [0, 0.1) is 6.42 Å². The summed E-state index contributed by atoms with van der Waals surface area (Å²) in [6, 6.07) is 0. The topological polar surface area (TPSA) is 26.3 Å². The van der Waals surface area contributed by atoms with Crippen LogP contribution < -0.4 is 0 Å². The lowest BCUT2D eigenvalue weighted by atomic mass is 9.98. The van der Waals surface area contributed by atoms with Crippen LogP contribution in [0.3, 0.4) is 0 Å². The molecule has 1 aliphatic rings. The van der Waals surface area contributed by atoms with Crippen molar-refractivity contribution < 1.29 is 9.53 Å². The van der Waals surface area contributed by atoms with Crippen LogP contribution in [0.4, 0.5) is 0 Å². The van der Waals surface area contributed by atoms with E-state index in [2.05, 4.69) is 6.42 Å². The van der Waals surface area contributed by atoms with Crippen LogP contribution in [0.1, 0.15) is 45.4 Å². The van der Waals surface area contributed by atoms with Crippen molar-refractivity contribution in [3.8, 4) is 0 Å². The van der Waals surface area contributed by atoms with Gasteiger partial charge in [-0.2, -0.15) is 0 Å². The van der Waals surface area contributed by atoms with Gasteiger partial charge < -0.3 is 4.74 Å². The van der Waals surface area contributed by atoms with E-state index in [1.54, 1.807) is 0 Å². The summed E-state index contributed by atoms with van der Waals surface area (Å²) >= 11 is 0. The van der Waals surface area contributed by atoms with Crippen molar-refractivity contribution in [1.82, 2.24) is 0 Å². The number of hydrogen-bond acceptors (Lipinski definition) is 2. The molecule has 0 saturated heterocycles. The van der Waals surface area contributed by atoms with Crippen LogP contribution in [0.2, 0.25) is 0 Å². The fourth-order valence-corrected chi connectivity index (χ4v) is 1.45. The molecule has 0 bridgehead atoms. The highest BCUT2D eigenvalue weighted by atomic mass is 16.5. The molecule has 0 aromatic carbocycles. The van der Waals surface area contributed by atoms with Gasteiger partial charge in [0.15, 0.2) is 0 Å². The van der Waals surface area contributed by atoms with Gasteiger partial charge in [-0.1, -0.05) is 13.3 Å². The zero-order valence-corrected chi connectivity index (χ0v) is 7.71. The summed E-state index contributed by atoms with van der Waals surface area (Å²) in [6.45, 7) is 1.99. The molecule has 0 spiro atoms. The molecule has 69 valence electrons. The van der Waals surface area contributed by atoms with Crippen LogP contribution in [0.5, 0.6) is 0 Å². The van der Waals surface area contributed by atoms with Crippen LogP contribution in [0.25, 0.3) is 0 Å². The number of rotatable bonds is 3. The van der Waals surface area contributed by atoms with E-state index < -0.39 is 0 Å². The summed E-state index contributed by atoms with van der Waals surface area (Å²) in [5.74, 6) is -0.0411. The molecule has 1 aliphatic carbocycles. The highest BCUT2D eigenvalue weighted by Crippen LogP contribution is 2.19. The predicted molar refractivity (Wildman–Crippen MR) is 47.6 cm³/mol. The Morgan fingerprint density at radius 3 is 3.00 bits per heavy atom. The molecule has 1 saturated carbocycles. The highest BCUT2D eigenvalue weighted by Gasteiger charge is 2.16. The number of carbonyl (C=O) groups excluding carboxylic acids is 1. The molecule has 0 heterocycles. The Bertz CT molecular complexity index is 137. The molecule has 0 amide bonds. The van der Waals surface area contributed by atoms with Crippen molar-refractivity contribution in [2.75, 3.05) is 0 Å². The van der Waals surface area contributed by atoms with Gasteiger partial charge in [0, 0.05) is 12.8 Å². The fraction of sp³-hybridized carbons (Fsp3) is 0.800. The lowest BCUT2D eigenvalue weighted by Crippen LogP contribution is -2.21. The Labute approximate surface area is 74.3 Å². The average Bonchev–Trinajstić information content (AvgIpc) is 2.06. The summed E-state index contributed by atoms with van der Waals surface area (Å²) in [5.41, 5.74) is 0. The fourth-order valence-electron chi connectivity index (χ4n) is 1.45. The Hall–Kier alpha value is -0.530. The quantitative estimate of drug-likeness (QED) is 0.607. The molecule has 1 atom stereocenters. The molecule has 0 N–H and O–H groups in total. The SMILES string of the molecule is CCCC(=O)O[C@@H]1[CH]CCCC1. The molecule has 0 unspecified atom stereocenters. The van der Waals surface area contributed by atoms with Gasteiger partial charge in [0.2, 0.25) is 0 Å². The number of hydrogen-bond donors (Lipinski definition) is 0. The third kappa shape index (κ3) is 3.24. The smallest absolute Gasteiger partial charge is 0.306 e. The normalized spacial score (nSPS) is 19.1. The van der Waals surface area contributed by atoms with Crippen molar-refractivity contribution >= 4 is 5.97 Å². The maximum atomic E-state index is 11.1. The molecule has 0 aromatic heterocycles. The molecular formula is C10H17O2. The Morgan fingerprint density at radius 1 is 1.58 bits per heavy atom. The monoisotopic (exact) mass is 169 g/mol. The first-order valence-corrected chi connectivity index (χ1v) is 4.85. The summed E-state index contributed by atoms with van der Waals surface area (Å²) in [4.78, 5) is 11.1. The zero-order valence-electron chi connectivity index (χ0n) is 7.71. The minimum atomic E-state index is -0.0411. The van der Waals surface area contributed by atoms with Gasteiger partial charge in [-0.15, -0.1) is 0 Å². The number of esters is 1. The van der Waals surface area contributed by atoms with E-state index in [1.165, 1.54) is 12.8 Å². The molecule has 12 heavy (non-hydrogen) atoms. The van der Waals surface area contributed by atoms with Crippen LogP contribution in [0.15, 0.2) is 0 Å². The van der Waals surface area contributed by atoms with E-state index in [1.807, 2.05) is 6.92 Å². The van der Waals surface area contributed by atoms with Gasteiger partial charge in [-0.25, -0.2) is 0 Å². The molecule has 0 aliphatic heterocycles. The average molecular weight is 169 g/mol. The maximum Gasteiger partial charge on any atom is 0.306 e. The van der Waals surface area contributed by atoms with Gasteiger partial charge in [0.05, 0.1) is 0 Å². The van der Waals surface area contributed by atoms with E-state index in [0.29, 0.717) is 6.42 Å². The molecular weight excluding hydrogens is 152 g/mol. The first kappa shape index (κ1) is 9.56. The van der Waals surface area contributed by atoms with Gasteiger partial charge in [-0.05, 0) is 25.7 Å². The van der Waals surface area contributed by atoms with Gasteiger partial charge in [0.25, 0.3) is 0 Å². The van der Waals surface area contributed by atoms with Gasteiger partial charge in [0.1, 0.15) is 6.10 Å². The largest absolute Gasteiger partial charge is 0.462 e. The lowest BCUT2D eigenvalue weighted by Gasteiger charge is -2.21. The molecule has 2 nitrogen and oxygen atoms in total. The zero-order chi connectivity index (χ0) is 8.81. The second-order valence-corrected chi connectivity index (χ2v) is 3.30. The van der Waals surface area contributed by atoms with Crippen molar-refractivity contribution in [2.24, 2.45) is 0 Å². The maximum absolute atomic E-state index is 11.1. The van der Waals surface area contributed by atoms with E-state index in [0.717, 1.165) is 19.3 Å². The summed E-state index contributed by atoms with van der Waals surface area (Å²) in [5, 5.41) is 0. The summed E-state index contributed by atoms with van der Waals surface area (Å²) in [7, 11) is 0. The molecule has 1 rings (SSSR count). The van der Waals surface area contributed by atoms with Crippen molar-refractivity contribution in [3.63, 3.8) is 0 Å². The summed E-state index contributed by atoms with van der Waals surface area (Å²) in [6.07, 6.45) is 8.24. The van der Waals surface area contributed by atoms with E-state index in [-0.39, 0.29) is 12.1 Å². The Morgan fingerprint density at radius 2 is 2.42 bits per heavy atom. The van der Waals surface area contributed by atoms with Gasteiger partial charge in [-0.3, -0.25) is 4.79 Å². The number of carbonyl (C=O) groups is 1. The third-order valence-electron chi connectivity index (χ3n) is 2.11. The van der Waals surface area contributed by atoms with E-state index in [4.69, 9.17) is 4.74 Å². The van der Waals surface area contributed by atoms with Crippen LogP contribution in [-0.4, -0.2) is 12.1 Å². The molecule has 0 aromatic rings. The predicted octanol–water partition coefficient (Wildman–Crippen LogP) is 2.48. The van der Waals surface area contributed by atoms with Gasteiger partial charge >= 0.3 is 5.97 Å². The second-order valence-electron chi connectivity index (χ2n) is 3.30.